The molecule has 1 heterocycles. The molecule has 1 atom stereocenters. The van der Waals surface area contributed by atoms with Crippen molar-refractivity contribution in [2.45, 2.75) is 12.2 Å². The Balaban J connectivity index is 0.00000180. The van der Waals surface area contributed by atoms with Crippen molar-refractivity contribution in [1.82, 2.24) is 0 Å². The van der Waals surface area contributed by atoms with Crippen LogP contribution in [0.25, 0.3) is 0 Å². The largest absolute Gasteiger partial charge is 0.416 e. The van der Waals surface area contributed by atoms with Crippen molar-refractivity contribution in [3.05, 3.63) is 56.7 Å². The summed E-state index contributed by atoms with van der Waals surface area (Å²) in [4.78, 5) is 0.683. The van der Waals surface area contributed by atoms with Gasteiger partial charge in [0, 0.05) is 9.90 Å². The zero-order valence-electron chi connectivity index (χ0n) is 9.45. The Morgan fingerprint density at radius 2 is 1.89 bits per heavy atom. The van der Waals surface area contributed by atoms with Crippen molar-refractivity contribution in [1.29, 1.82) is 0 Å². The molecule has 0 aliphatic carbocycles. The lowest BCUT2D eigenvalue weighted by Gasteiger charge is -2.17. The van der Waals surface area contributed by atoms with E-state index in [1.165, 1.54) is 23.5 Å². The van der Waals surface area contributed by atoms with E-state index < -0.39 is 17.8 Å². The summed E-state index contributed by atoms with van der Waals surface area (Å²) < 4.78 is 38.8. The Kier molecular flexibility index (Phi) is 5.26. The average Bonchev–Trinajstić information content (AvgIpc) is 2.80. The van der Waals surface area contributed by atoms with Crippen LogP contribution in [0.5, 0.6) is 0 Å². The molecule has 1 aromatic heterocycles. The normalized spacial score (nSPS) is 12.9. The molecule has 19 heavy (non-hydrogen) atoms. The topological polar surface area (TPSA) is 26.0 Å². The summed E-state index contributed by atoms with van der Waals surface area (Å²) >= 11 is 6.94. The first kappa shape index (κ1) is 16.3. The lowest BCUT2D eigenvalue weighted by molar-refractivity contribution is -0.138. The second-order valence-electron chi connectivity index (χ2n) is 3.72. The van der Waals surface area contributed by atoms with Crippen molar-refractivity contribution in [3.8, 4) is 0 Å². The molecule has 1 aromatic carbocycles. The molecule has 0 amide bonds. The number of benzene rings is 1. The van der Waals surface area contributed by atoms with Crippen LogP contribution in [0.1, 0.15) is 22.0 Å². The summed E-state index contributed by atoms with van der Waals surface area (Å²) in [5.74, 6) is 0. The van der Waals surface area contributed by atoms with Gasteiger partial charge in [-0.2, -0.15) is 13.2 Å². The minimum Gasteiger partial charge on any atom is -0.320 e. The Hall–Kier alpha value is -0.750. The van der Waals surface area contributed by atoms with Gasteiger partial charge in [-0.15, -0.1) is 23.7 Å². The second kappa shape index (κ2) is 6.13. The molecule has 0 fully saturated rings. The quantitative estimate of drug-likeness (QED) is 0.834. The summed E-state index contributed by atoms with van der Waals surface area (Å²) in [6.45, 7) is 0. The number of alkyl halides is 3. The molecule has 1 nitrogen and oxygen atoms in total. The molecule has 0 radical (unpaired) electrons. The standard InChI is InChI=1S/C12H9ClF3NS.ClH/c13-7-3-4-8(9(6-7)12(14,15)16)11(17)10-2-1-5-18-10;/h1-6,11H,17H2;1H/t11-;/m1./s1. The number of thiophene rings is 1. The molecule has 7 heteroatoms. The van der Waals surface area contributed by atoms with E-state index in [4.69, 9.17) is 17.3 Å². The fourth-order valence-corrected chi connectivity index (χ4v) is 2.58. The van der Waals surface area contributed by atoms with Crippen LogP contribution in [0.2, 0.25) is 5.02 Å². The summed E-state index contributed by atoms with van der Waals surface area (Å²) in [7, 11) is 0. The first-order chi connectivity index (χ1) is 8.39. The van der Waals surface area contributed by atoms with Crippen molar-refractivity contribution >= 4 is 35.3 Å². The fourth-order valence-electron chi connectivity index (χ4n) is 1.67. The van der Waals surface area contributed by atoms with E-state index in [1.54, 1.807) is 17.5 Å². The van der Waals surface area contributed by atoms with Crippen molar-refractivity contribution < 1.29 is 13.2 Å². The van der Waals surface area contributed by atoms with E-state index in [-0.39, 0.29) is 23.0 Å². The van der Waals surface area contributed by atoms with Gasteiger partial charge in [0.05, 0.1) is 11.6 Å². The molecular formula is C12H10Cl2F3NS. The van der Waals surface area contributed by atoms with E-state index in [9.17, 15) is 13.2 Å². The maximum Gasteiger partial charge on any atom is 0.416 e. The maximum atomic E-state index is 12.9. The molecule has 0 unspecified atom stereocenters. The highest BCUT2D eigenvalue weighted by atomic mass is 35.5. The molecule has 0 saturated carbocycles. The van der Waals surface area contributed by atoms with Gasteiger partial charge in [0.1, 0.15) is 0 Å². The molecular weight excluding hydrogens is 318 g/mol. The van der Waals surface area contributed by atoms with Crippen LogP contribution in [0.4, 0.5) is 13.2 Å². The minimum absolute atomic E-state index is 0. The van der Waals surface area contributed by atoms with Gasteiger partial charge in [-0.25, -0.2) is 0 Å². The fraction of sp³-hybridized carbons (Fsp3) is 0.167. The average molecular weight is 328 g/mol. The summed E-state index contributed by atoms with van der Waals surface area (Å²) in [5, 5.41) is 1.82. The Labute approximate surface area is 123 Å². The van der Waals surface area contributed by atoms with Gasteiger partial charge >= 0.3 is 6.18 Å². The van der Waals surface area contributed by atoms with E-state index >= 15 is 0 Å². The first-order valence-electron chi connectivity index (χ1n) is 5.05. The third-order valence-electron chi connectivity index (χ3n) is 2.51. The van der Waals surface area contributed by atoms with Gasteiger partial charge in [0.2, 0.25) is 0 Å². The maximum absolute atomic E-state index is 12.9. The smallest absolute Gasteiger partial charge is 0.320 e. The SMILES string of the molecule is Cl.N[C@@H](c1cccs1)c1ccc(Cl)cc1C(F)(F)F. The third kappa shape index (κ3) is 3.63. The first-order valence-corrected chi connectivity index (χ1v) is 6.31. The molecule has 2 N–H and O–H groups in total. The molecule has 104 valence electrons. The summed E-state index contributed by atoms with van der Waals surface area (Å²) in [6.07, 6.45) is -4.46. The van der Waals surface area contributed by atoms with Crippen LogP contribution < -0.4 is 5.73 Å². The van der Waals surface area contributed by atoms with Crippen LogP contribution in [0, 0.1) is 0 Å². The molecule has 2 aromatic rings. The predicted octanol–water partition coefficient (Wildman–Crippen LogP) is 4.89. The van der Waals surface area contributed by atoms with Crippen molar-refractivity contribution in [2.24, 2.45) is 5.73 Å². The molecule has 2 rings (SSSR count). The van der Waals surface area contributed by atoms with Gasteiger partial charge in [0.25, 0.3) is 0 Å². The number of hydrogen-bond donors (Lipinski definition) is 1. The monoisotopic (exact) mass is 327 g/mol. The zero-order chi connectivity index (χ0) is 13.3. The lowest BCUT2D eigenvalue weighted by atomic mass is 9.99. The number of halogens is 5. The zero-order valence-corrected chi connectivity index (χ0v) is 11.8. The van der Waals surface area contributed by atoms with Gasteiger partial charge in [0.15, 0.2) is 0 Å². The second-order valence-corrected chi connectivity index (χ2v) is 5.14. The molecule has 0 saturated heterocycles. The highest BCUT2D eigenvalue weighted by Crippen LogP contribution is 2.37. The van der Waals surface area contributed by atoms with Gasteiger partial charge < -0.3 is 5.73 Å². The minimum atomic E-state index is -4.46. The Morgan fingerprint density at radius 1 is 1.21 bits per heavy atom. The van der Waals surface area contributed by atoms with Gasteiger partial charge in [-0.05, 0) is 29.1 Å². The summed E-state index contributed by atoms with van der Waals surface area (Å²) in [5.41, 5.74) is 5.13. The summed E-state index contributed by atoms with van der Waals surface area (Å²) in [6, 6.07) is 6.32. The molecule has 0 aliphatic heterocycles. The van der Waals surface area contributed by atoms with Gasteiger partial charge in [-0.3, -0.25) is 0 Å². The Morgan fingerprint density at radius 3 is 2.42 bits per heavy atom. The highest BCUT2D eigenvalue weighted by molar-refractivity contribution is 7.10. The number of nitrogens with two attached hydrogens (primary N) is 1. The van der Waals surface area contributed by atoms with Crippen LogP contribution in [0.15, 0.2) is 35.7 Å². The lowest BCUT2D eigenvalue weighted by Crippen LogP contribution is -2.17. The highest BCUT2D eigenvalue weighted by Gasteiger charge is 2.35. The van der Waals surface area contributed by atoms with E-state index in [0.717, 1.165) is 6.07 Å². The number of hydrogen-bond acceptors (Lipinski definition) is 2. The van der Waals surface area contributed by atoms with E-state index in [1.807, 2.05) is 0 Å². The van der Waals surface area contributed by atoms with Crippen molar-refractivity contribution in [3.63, 3.8) is 0 Å². The molecule has 0 spiro atoms. The van der Waals surface area contributed by atoms with Crippen LogP contribution in [-0.4, -0.2) is 0 Å². The van der Waals surface area contributed by atoms with Crippen LogP contribution in [0.3, 0.4) is 0 Å². The van der Waals surface area contributed by atoms with Crippen molar-refractivity contribution in [2.75, 3.05) is 0 Å². The van der Waals surface area contributed by atoms with E-state index in [0.29, 0.717) is 4.88 Å². The van der Waals surface area contributed by atoms with E-state index in [2.05, 4.69) is 0 Å². The number of rotatable bonds is 2. The third-order valence-corrected chi connectivity index (χ3v) is 3.70. The predicted molar refractivity (Wildman–Crippen MR) is 74.1 cm³/mol. The Bertz CT molecular complexity index is 540. The molecule has 0 aliphatic rings. The molecule has 0 bridgehead atoms. The van der Waals surface area contributed by atoms with Crippen LogP contribution >= 0.6 is 35.3 Å². The van der Waals surface area contributed by atoms with Crippen LogP contribution in [-0.2, 0) is 6.18 Å². The van der Waals surface area contributed by atoms with Gasteiger partial charge in [-0.1, -0.05) is 23.7 Å².